The van der Waals surface area contributed by atoms with E-state index < -0.39 is 0 Å². The Morgan fingerprint density at radius 1 is 1.00 bits per heavy atom. The van der Waals surface area contributed by atoms with E-state index in [9.17, 15) is 0 Å². The molecule has 1 fully saturated rings. The lowest BCUT2D eigenvalue weighted by Gasteiger charge is -2.17. The number of nitrogens with zero attached hydrogens (tertiary/aromatic N) is 1. The van der Waals surface area contributed by atoms with Gasteiger partial charge in [0.1, 0.15) is 11.5 Å². The monoisotopic (exact) mass is 266 g/mol. The number of hydrogen-bond donors (Lipinski definition) is 1. The molecular formula is C17H18N2O. The molecule has 0 bridgehead atoms. The summed E-state index contributed by atoms with van der Waals surface area (Å²) in [5.41, 5.74) is 9.36. The van der Waals surface area contributed by atoms with Crippen molar-refractivity contribution < 1.29 is 4.74 Å². The molecule has 0 radical (unpaired) electrons. The number of nitrogen functional groups attached to an aromatic ring is 1. The Morgan fingerprint density at radius 2 is 1.70 bits per heavy atom. The van der Waals surface area contributed by atoms with Gasteiger partial charge in [-0.1, -0.05) is 18.2 Å². The third-order valence-electron chi connectivity index (χ3n) is 4.47. The van der Waals surface area contributed by atoms with Gasteiger partial charge in [0, 0.05) is 36.2 Å². The van der Waals surface area contributed by atoms with Crippen LogP contribution in [0.5, 0.6) is 11.5 Å². The molecule has 1 saturated heterocycles. The lowest BCUT2D eigenvalue weighted by atomic mass is 9.84. The predicted octanol–water partition coefficient (Wildman–Crippen LogP) is 3.19. The summed E-state index contributed by atoms with van der Waals surface area (Å²) < 4.78 is 6.15. The molecule has 0 aliphatic carbocycles. The minimum atomic E-state index is 0.460. The summed E-state index contributed by atoms with van der Waals surface area (Å²) in [6.07, 6.45) is 0. The van der Waals surface area contributed by atoms with Crippen LogP contribution in [0.3, 0.4) is 0 Å². The fraction of sp³-hybridized carbons (Fsp3) is 0.294. The van der Waals surface area contributed by atoms with Crippen LogP contribution in [0.4, 0.5) is 5.69 Å². The Bertz CT molecular complexity index is 668. The number of benzene rings is 2. The fourth-order valence-electron chi connectivity index (χ4n) is 3.58. The first-order valence-corrected chi connectivity index (χ1v) is 7.07. The number of rotatable bonds is 0. The molecule has 2 N–H and O–H groups in total. The van der Waals surface area contributed by atoms with Crippen molar-refractivity contribution in [1.82, 2.24) is 4.90 Å². The number of nitrogens with two attached hydrogens (primary N) is 1. The van der Waals surface area contributed by atoms with Crippen molar-refractivity contribution in [3.8, 4) is 11.5 Å². The quantitative estimate of drug-likeness (QED) is 0.744. The van der Waals surface area contributed by atoms with E-state index in [1.165, 1.54) is 11.1 Å². The van der Waals surface area contributed by atoms with E-state index in [0.717, 1.165) is 30.3 Å². The number of hydrogen-bond acceptors (Lipinski definition) is 3. The highest BCUT2D eigenvalue weighted by Crippen LogP contribution is 2.49. The number of anilines is 1. The highest BCUT2D eigenvalue weighted by atomic mass is 16.5. The molecule has 2 aliphatic heterocycles. The van der Waals surface area contributed by atoms with Gasteiger partial charge in [0.15, 0.2) is 0 Å². The van der Waals surface area contributed by atoms with E-state index in [2.05, 4.69) is 36.2 Å². The number of likely N-dealkylation sites (tertiary alicyclic amines) is 1. The van der Waals surface area contributed by atoms with Crippen LogP contribution in [-0.4, -0.2) is 25.0 Å². The van der Waals surface area contributed by atoms with Crippen molar-refractivity contribution in [2.45, 2.75) is 11.8 Å². The van der Waals surface area contributed by atoms with Crippen LogP contribution in [0.25, 0.3) is 0 Å². The summed E-state index contributed by atoms with van der Waals surface area (Å²) in [6, 6.07) is 14.4. The van der Waals surface area contributed by atoms with Crippen molar-refractivity contribution in [1.29, 1.82) is 0 Å². The molecule has 0 aromatic heterocycles. The van der Waals surface area contributed by atoms with Crippen molar-refractivity contribution in [2.75, 3.05) is 25.9 Å². The zero-order chi connectivity index (χ0) is 13.7. The first-order valence-electron chi connectivity index (χ1n) is 7.07. The van der Waals surface area contributed by atoms with E-state index in [4.69, 9.17) is 10.5 Å². The van der Waals surface area contributed by atoms with Crippen LogP contribution in [0.1, 0.15) is 23.0 Å². The highest BCUT2D eigenvalue weighted by molar-refractivity contribution is 5.55. The molecule has 0 amide bonds. The maximum Gasteiger partial charge on any atom is 0.131 e. The first kappa shape index (κ1) is 11.8. The van der Waals surface area contributed by atoms with Gasteiger partial charge in [0.2, 0.25) is 0 Å². The Hall–Kier alpha value is -2.00. The maximum atomic E-state index is 6.15. The summed E-state index contributed by atoms with van der Waals surface area (Å²) in [5, 5.41) is 0. The van der Waals surface area contributed by atoms with Crippen molar-refractivity contribution >= 4 is 5.69 Å². The van der Waals surface area contributed by atoms with Gasteiger partial charge >= 0.3 is 0 Å². The summed E-state index contributed by atoms with van der Waals surface area (Å²) in [5.74, 6) is 2.89. The molecule has 0 saturated carbocycles. The van der Waals surface area contributed by atoms with Gasteiger partial charge in [-0.05, 0) is 36.9 Å². The smallest absolute Gasteiger partial charge is 0.131 e. The van der Waals surface area contributed by atoms with Crippen molar-refractivity contribution in [2.24, 2.45) is 0 Å². The highest BCUT2D eigenvalue weighted by Gasteiger charge is 2.38. The van der Waals surface area contributed by atoms with Crippen molar-refractivity contribution in [3.63, 3.8) is 0 Å². The predicted molar refractivity (Wildman–Crippen MR) is 80.3 cm³/mol. The van der Waals surface area contributed by atoms with E-state index in [-0.39, 0.29) is 0 Å². The second kappa shape index (κ2) is 4.25. The maximum absolute atomic E-state index is 6.15. The van der Waals surface area contributed by atoms with Gasteiger partial charge in [0.25, 0.3) is 0 Å². The fourth-order valence-corrected chi connectivity index (χ4v) is 3.58. The molecule has 0 unspecified atom stereocenters. The second-order valence-electron chi connectivity index (χ2n) is 5.87. The van der Waals surface area contributed by atoms with Gasteiger partial charge in [-0.3, -0.25) is 0 Å². The molecule has 2 aliphatic rings. The molecule has 20 heavy (non-hydrogen) atoms. The standard InChI is InChI=1S/C17H18N2O/c1-19-9-14-12-4-2-3-5-16(12)20-17-7-6-11(18)8-13(17)15(14)10-19/h2-8,14-15H,9-10,18H2,1H3/t14-,15-/m0/s1. The van der Waals surface area contributed by atoms with E-state index in [1.54, 1.807) is 0 Å². The Labute approximate surface area is 119 Å². The molecule has 2 aromatic carbocycles. The molecule has 2 atom stereocenters. The third-order valence-corrected chi connectivity index (χ3v) is 4.47. The normalized spacial score (nSPS) is 24.2. The molecule has 4 rings (SSSR count). The molecule has 102 valence electrons. The van der Waals surface area contributed by atoms with Gasteiger partial charge in [-0.2, -0.15) is 0 Å². The van der Waals surface area contributed by atoms with Crippen LogP contribution in [-0.2, 0) is 0 Å². The van der Waals surface area contributed by atoms with E-state index >= 15 is 0 Å². The van der Waals surface area contributed by atoms with Gasteiger partial charge in [-0.25, -0.2) is 0 Å². The topological polar surface area (TPSA) is 38.5 Å². The minimum absolute atomic E-state index is 0.460. The first-order chi connectivity index (χ1) is 9.72. The van der Waals surface area contributed by atoms with Crippen LogP contribution < -0.4 is 10.5 Å². The van der Waals surface area contributed by atoms with E-state index in [0.29, 0.717) is 11.8 Å². The van der Waals surface area contributed by atoms with Crippen LogP contribution in [0.15, 0.2) is 42.5 Å². The molecule has 2 heterocycles. The van der Waals surface area contributed by atoms with Crippen molar-refractivity contribution in [3.05, 3.63) is 53.6 Å². The van der Waals surface area contributed by atoms with E-state index in [1.807, 2.05) is 18.2 Å². The Balaban J connectivity index is 1.93. The summed E-state index contributed by atoms with van der Waals surface area (Å²) in [7, 11) is 2.18. The van der Waals surface area contributed by atoms with Crippen LogP contribution in [0.2, 0.25) is 0 Å². The van der Waals surface area contributed by atoms with Gasteiger partial charge < -0.3 is 15.4 Å². The van der Waals surface area contributed by atoms with Crippen LogP contribution >= 0.6 is 0 Å². The summed E-state index contributed by atoms with van der Waals surface area (Å²) >= 11 is 0. The molecular weight excluding hydrogens is 248 g/mol. The number of likely N-dealkylation sites (N-methyl/N-ethyl adjacent to an activating group) is 1. The Kier molecular flexibility index (Phi) is 2.51. The Morgan fingerprint density at radius 3 is 2.55 bits per heavy atom. The average Bonchev–Trinajstić information content (AvgIpc) is 2.78. The molecule has 2 aromatic rings. The molecule has 3 heteroatoms. The largest absolute Gasteiger partial charge is 0.457 e. The second-order valence-corrected chi connectivity index (χ2v) is 5.87. The average molecular weight is 266 g/mol. The zero-order valence-electron chi connectivity index (χ0n) is 11.5. The minimum Gasteiger partial charge on any atom is -0.457 e. The summed E-state index contributed by atoms with van der Waals surface area (Å²) in [4.78, 5) is 2.39. The third kappa shape index (κ3) is 1.70. The zero-order valence-corrected chi connectivity index (χ0v) is 11.5. The molecule has 3 nitrogen and oxygen atoms in total. The van der Waals surface area contributed by atoms with Crippen LogP contribution in [0, 0.1) is 0 Å². The summed E-state index contributed by atoms with van der Waals surface area (Å²) in [6.45, 7) is 2.12. The SMILES string of the molecule is CN1C[C@H]2c3ccccc3Oc3ccc(N)cc3[C@@H]2C1. The lowest BCUT2D eigenvalue weighted by molar-refractivity contribution is 0.401. The number of ether oxygens (including phenoxy) is 1. The number of fused-ring (bicyclic) bond motifs is 5. The molecule has 0 spiro atoms. The number of para-hydroxylation sites is 1. The lowest BCUT2D eigenvalue weighted by Crippen LogP contribution is -2.14. The van der Waals surface area contributed by atoms with Gasteiger partial charge in [-0.15, -0.1) is 0 Å². The van der Waals surface area contributed by atoms with Gasteiger partial charge in [0.05, 0.1) is 0 Å².